The average molecular weight is 482 g/mol. The van der Waals surface area contributed by atoms with E-state index in [2.05, 4.69) is 17.0 Å². The Labute approximate surface area is 198 Å². The number of unbranched alkanes of at least 4 members (excludes halogenated alkanes) is 1. The Morgan fingerprint density at radius 2 is 1.85 bits per heavy atom. The highest BCUT2D eigenvalue weighted by Gasteiger charge is 2.22. The minimum atomic E-state index is -3.85. The number of nitrogens with two attached hydrogens (primary N) is 1. The Balaban J connectivity index is 1.63. The SMILES string of the molecule is CCCCn1c(COC(=O)c2c(C)nn(-c3ccccc3)c2C)nc2cc(S(N)(=O)=O)ccc21. The fourth-order valence-electron chi connectivity index (χ4n) is 3.97. The van der Waals surface area contributed by atoms with Crippen LogP contribution in [0.5, 0.6) is 0 Å². The van der Waals surface area contributed by atoms with Gasteiger partial charge in [0.2, 0.25) is 10.0 Å². The molecule has 4 rings (SSSR count). The summed E-state index contributed by atoms with van der Waals surface area (Å²) in [6.07, 6.45) is 1.86. The van der Waals surface area contributed by atoms with Gasteiger partial charge in [-0.05, 0) is 50.6 Å². The molecule has 10 heteroatoms. The minimum Gasteiger partial charge on any atom is -0.454 e. The van der Waals surface area contributed by atoms with E-state index in [1.165, 1.54) is 12.1 Å². The van der Waals surface area contributed by atoms with Gasteiger partial charge in [-0.2, -0.15) is 5.10 Å². The topological polar surface area (TPSA) is 122 Å². The molecule has 4 aromatic rings. The Morgan fingerprint density at radius 3 is 2.53 bits per heavy atom. The number of aromatic nitrogens is 4. The van der Waals surface area contributed by atoms with Crippen LogP contribution in [0.1, 0.15) is 47.3 Å². The van der Waals surface area contributed by atoms with Gasteiger partial charge in [0, 0.05) is 6.54 Å². The van der Waals surface area contributed by atoms with E-state index in [0.717, 1.165) is 24.0 Å². The number of hydrogen-bond donors (Lipinski definition) is 1. The molecule has 0 aliphatic rings. The summed E-state index contributed by atoms with van der Waals surface area (Å²) in [7, 11) is -3.85. The van der Waals surface area contributed by atoms with Crippen molar-refractivity contribution in [3.63, 3.8) is 0 Å². The molecule has 0 saturated heterocycles. The molecule has 178 valence electrons. The first-order valence-electron chi connectivity index (χ1n) is 11.0. The minimum absolute atomic E-state index is 0.0109. The Bertz CT molecular complexity index is 1460. The molecule has 0 bridgehead atoms. The van der Waals surface area contributed by atoms with Gasteiger partial charge in [0.1, 0.15) is 18.0 Å². The standard InChI is InChI=1S/C24H27N5O4S/c1-4-5-13-28-21-12-11-19(34(25,31)32)14-20(21)26-22(28)15-33-24(30)23-16(2)27-29(17(23)3)18-9-7-6-8-10-18/h6-12,14H,4-5,13,15H2,1-3H3,(H2,25,31,32). The number of benzene rings is 2. The lowest BCUT2D eigenvalue weighted by Gasteiger charge is -2.10. The molecule has 2 aromatic heterocycles. The van der Waals surface area contributed by atoms with E-state index in [1.807, 2.05) is 41.8 Å². The number of para-hydroxylation sites is 1. The number of aryl methyl sites for hydroxylation is 2. The molecule has 2 N–H and O–H groups in total. The van der Waals surface area contributed by atoms with E-state index >= 15 is 0 Å². The van der Waals surface area contributed by atoms with Crippen molar-refractivity contribution in [1.82, 2.24) is 19.3 Å². The van der Waals surface area contributed by atoms with Gasteiger partial charge < -0.3 is 9.30 Å². The monoisotopic (exact) mass is 481 g/mol. The maximum Gasteiger partial charge on any atom is 0.342 e. The van der Waals surface area contributed by atoms with Crippen LogP contribution in [-0.4, -0.2) is 33.7 Å². The molecule has 0 aliphatic carbocycles. The van der Waals surface area contributed by atoms with E-state index in [9.17, 15) is 13.2 Å². The first kappa shape index (κ1) is 23.7. The Hall–Kier alpha value is -3.50. The smallest absolute Gasteiger partial charge is 0.342 e. The number of esters is 1. The van der Waals surface area contributed by atoms with Gasteiger partial charge in [0.15, 0.2) is 0 Å². The first-order valence-corrected chi connectivity index (χ1v) is 12.6. The Kier molecular flexibility index (Phi) is 6.54. The van der Waals surface area contributed by atoms with E-state index in [0.29, 0.717) is 34.8 Å². The van der Waals surface area contributed by atoms with Crippen molar-refractivity contribution in [3.05, 3.63) is 71.3 Å². The lowest BCUT2D eigenvalue weighted by Crippen LogP contribution is -2.12. The van der Waals surface area contributed by atoms with Gasteiger partial charge in [-0.1, -0.05) is 31.5 Å². The highest BCUT2D eigenvalue weighted by Crippen LogP contribution is 2.23. The molecule has 0 radical (unpaired) electrons. The summed E-state index contributed by atoms with van der Waals surface area (Å²) in [5.74, 6) is 0.0469. The molecule has 0 atom stereocenters. The Morgan fingerprint density at radius 1 is 1.12 bits per heavy atom. The lowest BCUT2D eigenvalue weighted by atomic mass is 10.2. The highest BCUT2D eigenvalue weighted by atomic mass is 32.2. The summed E-state index contributed by atoms with van der Waals surface area (Å²) < 4.78 is 32.8. The second-order valence-electron chi connectivity index (χ2n) is 8.10. The molecule has 0 unspecified atom stereocenters. The number of fused-ring (bicyclic) bond motifs is 1. The number of rotatable bonds is 8. The van der Waals surface area contributed by atoms with Crippen LogP contribution in [0, 0.1) is 13.8 Å². The maximum absolute atomic E-state index is 13.0. The third-order valence-electron chi connectivity index (χ3n) is 5.69. The zero-order valence-corrected chi connectivity index (χ0v) is 20.2. The summed E-state index contributed by atoms with van der Waals surface area (Å²) in [5.41, 5.74) is 3.77. The van der Waals surface area contributed by atoms with Crippen molar-refractivity contribution in [2.75, 3.05) is 0 Å². The van der Waals surface area contributed by atoms with Crippen LogP contribution in [0.3, 0.4) is 0 Å². The number of ether oxygens (including phenoxy) is 1. The van der Waals surface area contributed by atoms with Crippen LogP contribution in [-0.2, 0) is 27.9 Å². The van der Waals surface area contributed by atoms with Crippen LogP contribution < -0.4 is 5.14 Å². The average Bonchev–Trinajstić information content (AvgIpc) is 3.31. The first-order chi connectivity index (χ1) is 16.2. The fourth-order valence-corrected chi connectivity index (χ4v) is 4.51. The number of hydrogen-bond acceptors (Lipinski definition) is 6. The summed E-state index contributed by atoms with van der Waals surface area (Å²) in [5, 5.41) is 9.78. The van der Waals surface area contributed by atoms with Crippen LogP contribution in [0.2, 0.25) is 0 Å². The fraction of sp³-hybridized carbons (Fsp3) is 0.292. The van der Waals surface area contributed by atoms with Crippen molar-refractivity contribution in [2.45, 2.75) is 51.7 Å². The van der Waals surface area contributed by atoms with E-state index in [1.54, 1.807) is 17.7 Å². The summed E-state index contributed by atoms with van der Waals surface area (Å²) >= 11 is 0. The summed E-state index contributed by atoms with van der Waals surface area (Å²) in [6.45, 7) is 6.28. The lowest BCUT2D eigenvalue weighted by molar-refractivity contribution is 0.0456. The van der Waals surface area contributed by atoms with Crippen molar-refractivity contribution in [1.29, 1.82) is 0 Å². The maximum atomic E-state index is 13.0. The largest absolute Gasteiger partial charge is 0.454 e. The number of sulfonamides is 1. The van der Waals surface area contributed by atoms with Crippen LogP contribution in [0.15, 0.2) is 53.4 Å². The molecule has 0 fully saturated rings. The van der Waals surface area contributed by atoms with Gasteiger partial charge >= 0.3 is 5.97 Å². The molecule has 2 heterocycles. The zero-order chi connectivity index (χ0) is 24.5. The molecule has 2 aromatic carbocycles. The molecule has 0 saturated carbocycles. The molecular weight excluding hydrogens is 454 g/mol. The third kappa shape index (κ3) is 4.59. The predicted octanol–water partition coefficient (Wildman–Crippen LogP) is 3.64. The predicted molar refractivity (Wildman–Crippen MR) is 128 cm³/mol. The molecule has 0 spiro atoms. The molecule has 0 amide bonds. The zero-order valence-electron chi connectivity index (χ0n) is 19.4. The van der Waals surface area contributed by atoms with Crippen molar-refractivity contribution >= 4 is 27.0 Å². The van der Waals surface area contributed by atoms with Gasteiger partial charge in [-0.25, -0.2) is 28.0 Å². The molecular formula is C24H27N5O4S. The quantitative estimate of drug-likeness (QED) is 0.383. The number of imidazole rings is 1. The number of carbonyl (C=O) groups excluding carboxylic acids is 1. The van der Waals surface area contributed by atoms with E-state index < -0.39 is 16.0 Å². The second kappa shape index (κ2) is 9.40. The van der Waals surface area contributed by atoms with Crippen LogP contribution >= 0.6 is 0 Å². The van der Waals surface area contributed by atoms with Gasteiger partial charge in [0.25, 0.3) is 0 Å². The third-order valence-corrected chi connectivity index (χ3v) is 6.60. The van der Waals surface area contributed by atoms with E-state index in [-0.39, 0.29) is 11.5 Å². The van der Waals surface area contributed by atoms with Crippen LogP contribution in [0.4, 0.5) is 0 Å². The molecule has 9 nitrogen and oxygen atoms in total. The summed E-state index contributed by atoms with van der Waals surface area (Å²) in [4.78, 5) is 17.6. The number of nitrogens with zero attached hydrogens (tertiary/aromatic N) is 4. The van der Waals surface area contributed by atoms with Gasteiger partial charge in [0.05, 0.1) is 33.0 Å². The van der Waals surface area contributed by atoms with Gasteiger partial charge in [-0.3, -0.25) is 0 Å². The summed E-state index contributed by atoms with van der Waals surface area (Å²) in [6, 6.07) is 14.2. The van der Waals surface area contributed by atoms with Gasteiger partial charge in [-0.15, -0.1) is 0 Å². The number of primary sulfonamides is 1. The van der Waals surface area contributed by atoms with E-state index in [4.69, 9.17) is 9.88 Å². The molecule has 34 heavy (non-hydrogen) atoms. The normalized spacial score (nSPS) is 11.8. The number of carbonyl (C=O) groups is 1. The van der Waals surface area contributed by atoms with Crippen LogP contribution in [0.25, 0.3) is 16.7 Å². The highest BCUT2D eigenvalue weighted by molar-refractivity contribution is 7.89. The van der Waals surface area contributed by atoms with Crippen molar-refractivity contribution in [2.24, 2.45) is 5.14 Å². The second-order valence-corrected chi connectivity index (χ2v) is 9.66. The van der Waals surface area contributed by atoms with Crippen molar-refractivity contribution < 1.29 is 17.9 Å². The molecule has 0 aliphatic heterocycles. The van der Waals surface area contributed by atoms with Crippen molar-refractivity contribution in [3.8, 4) is 5.69 Å².